The van der Waals surface area contributed by atoms with E-state index in [0.717, 1.165) is 11.1 Å². The Morgan fingerprint density at radius 1 is 1.17 bits per heavy atom. The van der Waals surface area contributed by atoms with Gasteiger partial charge in [-0.15, -0.1) is 16.9 Å². The molecule has 2 N–H and O–H groups in total. The number of aryl methyl sites for hydroxylation is 1. The van der Waals surface area contributed by atoms with Crippen LogP contribution in [0.4, 0.5) is 0 Å². The molecule has 1 amide bonds. The molecule has 3 heterocycles. The molecule has 0 radical (unpaired) electrons. The number of ether oxygens (including phenoxy) is 1. The van der Waals surface area contributed by atoms with Crippen molar-refractivity contribution in [1.29, 1.82) is 0 Å². The number of thioether (sulfide) groups is 2. The molecule has 9 nitrogen and oxygen atoms in total. The van der Waals surface area contributed by atoms with Crippen LogP contribution in [0, 0.1) is 0 Å². The summed E-state index contributed by atoms with van der Waals surface area (Å²) in [6, 6.07) is 18.4. The molecule has 2 aromatic carbocycles. The third-order valence-corrected chi connectivity index (χ3v) is 7.84. The minimum Gasteiger partial charge on any atom is -0.448 e. The predicted octanol–water partition coefficient (Wildman–Crippen LogP) is 2.65. The summed E-state index contributed by atoms with van der Waals surface area (Å²) in [5.41, 5.74) is 8.59. The van der Waals surface area contributed by atoms with Crippen molar-refractivity contribution in [3.05, 3.63) is 94.5 Å². The molecule has 0 aliphatic carbocycles. The van der Waals surface area contributed by atoms with E-state index in [-0.39, 0.29) is 17.0 Å². The van der Waals surface area contributed by atoms with Gasteiger partial charge in [-0.05, 0) is 38.6 Å². The van der Waals surface area contributed by atoms with E-state index in [2.05, 4.69) is 15.5 Å². The van der Waals surface area contributed by atoms with Crippen LogP contribution >= 0.6 is 23.5 Å². The van der Waals surface area contributed by atoms with E-state index >= 15 is 0 Å². The topological polar surface area (TPSA) is 116 Å². The molecule has 1 unspecified atom stereocenters. The lowest BCUT2D eigenvalue weighted by molar-refractivity contribution is -0.153. The highest BCUT2D eigenvalue weighted by atomic mass is 32.2. The molecule has 5 rings (SSSR count). The Kier molecular flexibility index (Phi) is 6.71. The van der Waals surface area contributed by atoms with Crippen LogP contribution < -0.4 is 5.73 Å². The molecule has 1 fully saturated rings. The summed E-state index contributed by atoms with van der Waals surface area (Å²) in [4.78, 5) is 27.8. The highest BCUT2D eigenvalue weighted by Crippen LogP contribution is 2.41. The van der Waals surface area contributed by atoms with Crippen LogP contribution in [0.15, 0.2) is 88.6 Å². The number of nitrogens with two attached hydrogens (primary N) is 1. The van der Waals surface area contributed by atoms with Gasteiger partial charge in [0.25, 0.3) is 0 Å². The van der Waals surface area contributed by atoms with Crippen LogP contribution in [0.5, 0.6) is 0 Å². The molecule has 2 atom stereocenters. The van der Waals surface area contributed by atoms with Crippen molar-refractivity contribution in [2.24, 2.45) is 12.8 Å². The van der Waals surface area contributed by atoms with Crippen molar-refractivity contribution in [2.75, 3.05) is 5.75 Å². The van der Waals surface area contributed by atoms with Gasteiger partial charge >= 0.3 is 5.97 Å². The van der Waals surface area contributed by atoms with Crippen LogP contribution in [0.25, 0.3) is 0 Å². The van der Waals surface area contributed by atoms with Crippen molar-refractivity contribution in [3.63, 3.8) is 0 Å². The van der Waals surface area contributed by atoms with Crippen LogP contribution in [0.3, 0.4) is 0 Å². The summed E-state index contributed by atoms with van der Waals surface area (Å²) in [5, 5.41) is 13.5. The van der Waals surface area contributed by atoms with Crippen molar-refractivity contribution in [2.45, 2.75) is 22.7 Å². The second kappa shape index (κ2) is 10.1. The Hall–Kier alpha value is -3.41. The summed E-state index contributed by atoms with van der Waals surface area (Å²) >= 11 is 2.84. The molecule has 0 spiro atoms. The fourth-order valence-electron chi connectivity index (χ4n) is 3.90. The van der Waals surface area contributed by atoms with Gasteiger partial charge in [-0.1, -0.05) is 72.4 Å². The normalized spacial score (nSPS) is 19.7. The largest absolute Gasteiger partial charge is 0.448 e. The van der Waals surface area contributed by atoms with E-state index in [1.807, 2.05) is 60.7 Å². The molecule has 178 valence electrons. The molecule has 1 saturated heterocycles. The van der Waals surface area contributed by atoms with E-state index in [1.165, 1.54) is 28.4 Å². The molecular weight excluding hydrogens is 484 g/mol. The summed E-state index contributed by atoms with van der Waals surface area (Å²) in [7, 11) is 1.74. The lowest BCUT2D eigenvalue weighted by atomic mass is 10.0. The van der Waals surface area contributed by atoms with Crippen LogP contribution in [-0.4, -0.2) is 54.2 Å². The molecule has 3 aromatic rings. The maximum Gasteiger partial charge on any atom is 0.356 e. The zero-order valence-electron chi connectivity index (χ0n) is 18.7. The van der Waals surface area contributed by atoms with Gasteiger partial charge in [-0.3, -0.25) is 9.69 Å². The molecule has 11 heteroatoms. The van der Waals surface area contributed by atoms with E-state index in [0.29, 0.717) is 16.5 Å². The quantitative estimate of drug-likeness (QED) is 0.293. The van der Waals surface area contributed by atoms with Crippen LogP contribution in [0.1, 0.15) is 17.2 Å². The van der Waals surface area contributed by atoms with Crippen molar-refractivity contribution >= 4 is 35.4 Å². The second-order valence-electron chi connectivity index (χ2n) is 7.92. The van der Waals surface area contributed by atoms with Gasteiger partial charge in [0.1, 0.15) is 17.1 Å². The summed E-state index contributed by atoms with van der Waals surface area (Å²) in [5.74, 6) is -0.346. The number of hydrogen-bond donors (Lipinski definition) is 1. The van der Waals surface area contributed by atoms with Crippen LogP contribution in [0.2, 0.25) is 0 Å². The number of carbonyl (C=O) groups is 2. The lowest BCUT2D eigenvalue weighted by Crippen LogP contribution is -2.68. The first-order chi connectivity index (χ1) is 17.0. The number of aromatic nitrogens is 4. The number of esters is 1. The summed E-state index contributed by atoms with van der Waals surface area (Å²) < 4.78 is 7.63. The number of fused-ring (bicyclic) bond motifs is 1. The van der Waals surface area contributed by atoms with Gasteiger partial charge in [-0.2, -0.15) is 0 Å². The first-order valence-electron chi connectivity index (χ1n) is 10.8. The van der Waals surface area contributed by atoms with Gasteiger partial charge in [0.15, 0.2) is 6.10 Å². The Morgan fingerprint density at radius 3 is 2.43 bits per heavy atom. The fourth-order valence-corrected chi connectivity index (χ4v) is 5.79. The number of β-lactam (4-membered cyclic amide) rings is 1. The second-order valence-corrected chi connectivity index (χ2v) is 9.90. The van der Waals surface area contributed by atoms with Crippen molar-refractivity contribution in [3.8, 4) is 0 Å². The number of nitrogens with zero attached hydrogens (tertiary/aromatic N) is 5. The van der Waals surface area contributed by atoms with Gasteiger partial charge in [0.05, 0.1) is 0 Å². The minimum absolute atomic E-state index is 0.227. The predicted molar refractivity (Wildman–Crippen MR) is 133 cm³/mol. The first-order valence-corrected chi connectivity index (χ1v) is 12.8. The van der Waals surface area contributed by atoms with Crippen molar-refractivity contribution < 1.29 is 14.3 Å². The number of carbonyl (C=O) groups excluding carboxylic acids is 2. The Morgan fingerprint density at radius 2 is 1.83 bits per heavy atom. The van der Waals surface area contributed by atoms with Gasteiger partial charge < -0.3 is 10.5 Å². The van der Waals surface area contributed by atoms with Crippen LogP contribution in [-0.2, 0) is 21.4 Å². The monoisotopic (exact) mass is 506 g/mol. The number of hydrogen-bond acceptors (Lipinski definition) is 9. The maximum absolute atomic E-state index is 13.7. The number of amides is 1. The zero-order chi connectivity index (χ0) is 24.4. The van der Waals surface area contributed by atoms with E-state index < -0.39 is 18.1 Å². The maximum atomic E-state index is 13.7. The number of benzene rings is 2. The standard InChI is InChI=1S/C24H22N6O3S2/c1-29-24(26-27-28-29)34-13-12-17-14-35-22-18(25)21(31)30(22)19(17)23(32)33-20(15-8-4-2-5-9-15)16-10-6-3-7-11-16/h2-13,18,20,22H,14,25H2,1H3/b13-12+/t18?,22-/m1/s1. The molecule has 0 saturated carbocycles. The highest BCUT2D eigenvalue weighted by molar-refractivity contribution is 8.02. The number of allylic oxidation sites excluding steroid dienone is 1. The average Bonchev–Trinajstić information content (AvgIpc) is 3.31. The molecule has 2 aliphatic heterocycles. The van der Waals surface area contributed by atoms with Crippen molar-refractivity contribution in [1.82, 2.24) is 25.1 Å². The SMILES string of the molecule is Cn1nnnc1S/C=C/C1=C(C(=O)OC(c2ccccc2)c2ccccc2)N2C(=O)C(N)[C@H]2SC1. The Balaban J connectivity index is 1.47. The molecule has 2 aliphatic rings. The lowest BCUT2D eigenvalue weighted by Gasteiger charge is -2.48. The van der Waals surface area contributed by atoms with Gasteiger partial charge in [0, 0.05) is 12.8 Å². The molecule has 1 aromatic heterocycles. The smallest absolute Gasteiger partial charge is 0.356 e. The van der Waals surface area contributed by atoms with E-state index in [9.17, 15) is 9.59 Å². The summed E-state index contributed by atoms with van der Waals surface area (Å²) in [6.07, 6.45) is 1.18. The molecule has 35 heavy (non-hydrogen) atoms. The third kappa shape index (κ3) is 4.62. The Bertz CT molecular complexity index is 1260. The first kappa shape index (κ1) is 23.3. The molecule has 0 bridgehead atoms. The van der Waals surface area contributed by atoms with Gasteiger partial charge in [0.2, 0.25) is 11.1 Å². The summed E-state index contributed by atoms with van der Waals surface area (Å²) in [6.45, 7) is 0. The fraction of sp³-hybridized carbons (Fsp3) is 0.208. The average molecular weight is 507 g/mol. The Labute approximate surface area is 210 Å². The highest BCUT2D eigenvalue weighted by Gasteiger charge is 2.52. The number of tetrazole rings is 1. The van der Waals surface area contributed by atoms with Gasteiger partial charge in [-0.25, -0.2) is 9.48 Å². The van der Waals surface area contributed by atoms with E-state index in [1.54, 1.807) is 23.2 Å². The zero-order valence-corrected chi connectivity index (χ0v) is 20.4. The number of rotatable bonds is 7. The third-order valence-electron chi connectivity index (χ3n) is 5.69. The van der Waals surface area contributed by atoms with E-state index in [4.69, 9.17) is 10.5 Å². The minimum atomic E-state index is -0.633. The molecular formula is C24H22N6O3S2.